The summed E-state index contributed by atoms with van der Waals surface area (Å²) in [5.41, 5.74) is 1.83. The van der Waals surface area contributed by atoms with Gasteiger partial charge in [-0.25, -0.2) is 9.07 Å². The molecule has 3 rings (SSSR count). The van der Waals surface area contributed by atoms with Gasteiger partial charge in [0.1, 0.15) is 5.82 Å². The largest absolute Gasteiger partial charge is 0.355 e. The summed E-state index contributed by atoms with van der Waals surface area (Å²) in [6.45, 7) is 0.482. The molecule has 0 aliphatic heterocycles. The summed E-state index contributed by atoms with van der Waals surface area (Å²) in [6.07, 6.45) is 0.641. The van der Waals surface area contributed by atoms with E-state index in [1.165, 1.54) is 28.6 Å². The highest BCUT2D eigenvalue weighted by Crippen LogP contribution is 2.20. The number of amides is 1. The number of hydrogen-bond acceptors (Lipinski definition) is 5. The number of nitrogens with zero attached hydrogens (tertiary/aromatic N) is 3. The van der Waals surface area contributed by atoms with Gasteiger partial charge in [-0.15, -0.1) is 10.2 Å². The SMILES string of the molecule is Nn1c(SCC(=O)NCCc2ccc(F)cc2)nnc1-c1ccccc1. The Morgan fingerprint density at radius 1 is 1.12 bits per heavy atom. The molecule has 134 valence electrons. The van der Waals surface area contributed by atoms with Crippen molar-refractivity contribution < 1.29 is 9.18 Å². The van der Waals surface area contributed by atoms with E-state index in [0.717, 1.165) is 11.1 Å². The number of nitrogen functional groups attached to an aromatic ring is 1. The summed E-state index contributed by atoms with van der Waals surface area (Å²) in [5.74, 6) is 6.36. The molecule has 2 aromatic carbocycles. The minimum atomic E-state index is -0.269. The molecule has 0 atom stereocenters. The Kier molecular flexibility index (Phi) is 5.85. The summed E-state index contributed by atoms with van der Waals surface area (Å²) in [5, 5.41) is 11.4. The molecule has 3 aromatic rings. The molecular formula is C18H18FN5OS. The Morgan fingerprint density at radius 3 is 2.58 bits per heavy atom. The van der Waals surface area contributed by atoms with E-state index >= 15 is 0 Å². The Hall–Kier alpha value is -2.87. The summed E-state index contributed by atoms with van der Waals surface area (Å²) >= 11 is 1.22. The third kappa shape index (κ3) is 4.60. The Bertz CT molecular complexity index is 867. The highest BCUT2D eigenvalue weighted by atomic mass is 32.2. The summed E-state index contributed by atoms with van der Waals surface area (Å²) in [7, 11) is 0. The lowest BCUT2D eigenvalue weighted by Crippen LogP contribution is -2.27. The van der Waals surface area contributed by atoms with Crippen LogP contribution < -0.4 is 11.2 Å². The van der Waals surface area contributed by atoms with Crippen molar-refractivity contribution in [2.75, 3.05) is 18.1 Å². The fourth-order valence-electron chi connectivity index (χ4n) is 2.34. The molecule has 0 spiro atoms. The maximum Gasteiger partial charge on any atom is 0.230 e. The standard InChI is InChI=1S/C18H18FN5OS/c19-15-8-6-13(7-9-15)10-11-21-16(25)12-26-18-23-22-17(24(18)20)14-4-2-1-3-5-14/h1-9H,10-12,20H2,(H,21,25). The molecule has 0 radical (unpaired) electrons. The molecule has 1 amide bonds. The van der Waals surface area contributed by atoms with Crippen LogP contribution in [0.15, 0.2) is 59.8 Å². The van der Waals surface area contributed by atoms with Gasteiger partial charge in [0.2, 0.25) is 11.1 Å². The summed E-state index contributed by atoms with van der Waals surface area (Å²) < 4.78 is 14.2. The third-order valence-electron chi connectivity index (χ3n) is 3.68. The van der Waals surface area contributed by atoms with Crippen molar-refractivity contribution in [1.82, 2.24) is 20.2 Å². The highest BCUT2D eigenvalue weighted by molar-refractivity contribution is 7.99. The predicted molar refractivity (Wildman–Crippen MR) is 99.4 cm³/mol. The monoisotopic (exact) mass is 371 g/mol. The predicted octanol–water partition coefficient (Wildman–Crippen LogP) is 2.25. The van der Waals surface area contributed by atoms with Crippen molar-refractivity contribution in [2.45, 2.75) is 11.6 Å². The van der Waals surface area contributed by atoms with Gasteiger partial charge >= 0.3 is 0 Å². The van der Waals surface area contributed by atoms with E-state index in [1.54, 1.807) is 12.1 Å². The zero-order valence-electron chi connectivity index (χ0n) is 13.9. The normalized spacial score (nSPS) is 10.7. The van der Waals surface area contributed by atoms with E-state index < -0.39 is 0 Å². The molecule has 0 bridgehead atoms. The number of carbonyl (C=O) groups is 1. The Labute approximate surface area is 154 Å². The average molecular weight is 371 g/mol. The van der Waals surface area contributed by atoms with Gasteiger partial charge in [0.15, 0.2) is 5.82 Å². The second-order valence-electron chi connectivity index (χ2n) is 5.56. The lowest BCUT2D eigenvalue weighted by molar-refractivity contribution is -0.118. The number of carbonyl (C=O) groups excluding carboxylic acids is 1. The Morgan fingerprint density at radius 2 is 1.85 bits per heavy atom. The van der Waals surface area contributed by atoms with Gasteiger partial charge in [0, 0.05) is 12.1 Å². The number of thioether (sulfide) groups is 1. The van der Waals surface area contributed by atoms with E-state index in [2.05, 4.69) is 15.5 Å². The van der Waals surface area contributed by atoms with Crippen LogP contribution in [0, 0.1) is 5.82 Å². The van der Waals surface area contributed by atoms with Gasteiger partial charge in [0.25, 0.3) is 0 Å². The summed E-state index contributed by atoms with van der Waals surface area (Å²) in [4.78, 5) is 12.0. The van der Waals surface area contributed by atoms with Crippen molar-refractivity contribution in [2.24, 2.45) is 0 Å². The molecule has 26 heavy (non-hydrogen) atoms. The van der Waals surface area contributed by atoms with E-state index in [9.17, 15) is 9.18 Å². The number of halogens is 1. The van der Waals surface area contributed by atoms with E-state index in [1.807, 2.05) is 30.3 Å². The maximum atomic E-state index is 12.8. The number of aromatic nitrogens is 3. The first-order valence-electron chi connectivity index (χ1n) is 8.03. The molecule has 1 aromatic heterocycles. The third-order valence-corrected chi connectivity index (χ3v) is 4.62. The molecule has 0 saturated heterocycles. The van der Waals surface area contributed by atoms with Crippen LogP contribution in [0.5, 0.6) is 0 Å². The van der Waals surface area contributed by atoms with Gasteiger partial charge in [-0.3, -0.25) is 4.79 Å². The first kappa shape index (κ1) is 17.9. The van der Waals surface area contributed by atoms with Crippen LogP contribution in [0.2, 0.25) is 0 Å². The van der Waals surface area contributed by atoms with Crippen LogP contribution in [0.4, 0.5) is 4.39 Å². The molecule has 0 aliphatic rings. The van der Waals surface area contributed by atoms with Gasteiger partial charge in [-0.1, -0.05) is 54.2 Å². The van der Waals surface area contributed by atoms with Crippen LogP contribution >= 0.6 is 11.8 Å². The van der Waals surface area contributed by atoms with E-state index in [0.29, 0.717) is 23.9 Å². The molecule has 8 heteroatoms. The molecule has 0 saturated carbocycles. The van der Waals surface area contributed by atoms with Crippen LogP contribution in [0.3, 0.4) is 0 Å². The molecule has 3 N–H and O–H groups in total. The molecule has 0 unspecified atom stereocenters. The van der Waals surface area contributed by atoms with E-state index in [-0.39, 0.29) is 17.5 Å². The number of rotatable bonds is 7. The maximum absolute atomic E-state index is 12.8. The molecule has 6 nitrogen and oxygen atoms in total. The van der Waals surface area contributed by atoms with Crippen molar-refractivity contribution in [1.29, 1.82) is 0 Å². The fourth-order valence-corrected chi connectivity index (χ4v) is 3.02. The van der Waals surface area contributed by atoms with Crippen LogP contribution in [0.1, 0.15) is 5.56 Å². The number of hydrogen-bond donors (Lipinski definition) is 2. The number of benzene rings is 2. The smallest absolute Gasteiger partial charge is 0.230 e. The quantitative estimate of drug-likeness (QED) is 0.491. The van der Waals surface area contributed by atoms with Crippen LogP contribution in [-0.2, 0) is 11.2 Å². The second-order valence-corrected chi connectivity index (χ2v) is 6.50. The van der Waals surface area contributed by atoms with Gasteiger partial charge in [-0.2, -0.15) is 0 Å². The van der Waals surface area contributed by atoms with E-state index in [4.69, 9.17) is 5.84 Å². The van der Waals surface area contributed by atoms with Crippen molar-refractivity contribution >= 4 is 17.7 Å². The topological polar surface area (TPSA) is 85.8 Å². The minimum Gasteiger partial charge on any atom is -0.355 e. The minimum absolute atomic E-state index is 0.124. The number of nitrogens with one attached hydrogen (secondary N) is 1. The lowest BCUT2D eigenvalue weighted by Gasteiger charge is -2.06. The van der Waals surface area contributed by atoms with Crippen molar-refractivity contribution in [3.63, 3.8) is 0 Å². The van der Waals surface area contributed by atoms with Gasteiger partial charge in [0.05, 0.1) is 5.75 Å². The zero-order chi connectivity index (χ0) is 18.4. The van der Waals surface area contributed by atoms with Crippen LogP contribution in [-0.4, -0.2) is 33.1 Å². The van der Waals surface area contributed by atoms with Crippen LogP contribution in [0.25, 0.3) is 11.4 Å². The number of nitrogens with two attached hydrogens (primary N) is 1. The van der Waals surface area contributed by atoms with Gasteiger partial charge in [-0.05, 0) is 24.1 Å². The molecule has 0 aliphatic carbocycles. The van der Waals surface area contributed by atoms with Gasteiger partial charge < -0.3 is 11.2 Å². The second kappa shape index (κ2) is 8.48. The molecular weight excluding hydrogens is 353 g/mol. The Balaban J connectivity index is 1.47. The first-order valence-corrected chi connectivity index (χ1v) is 9.02. The zero-order valence-corrected chi connectivity index (χ0v) is 14.7. The fraction of sp³-hybridized carbons (Fsp3) is 0.167. The van der Waals surface area contributed by atoms with Crippen molar-refractivity contribution in [3.8, 4) is 11.4 Å². The van der Waals surface area contributed by atoms with Crippen molar-refractivity contribution in [3.05, 3.63) is 66.0 Å². The molecule has 0 fully saturated rings. The molecule has 1 heterocycles. The first-order chi connectivity index (χ1) is 12.6. The average Bonchev–Trinajstić information content (AvgIpc) is 3.03. The highest BCUT2D eigenvalue weighted by Gasteiger charge is 2.13. The summed E-state index contributed by atoms with van der Waals surface area (Å²) in [6, 6.07) is 15.7. The lowest BCUT2D eigenvalue weighted by atomic mass is 10.1.